The van der Waals surface area contributed by atoms with Gasteiger partial charge in [0, 0.05) is 25.7 Å². The summed E-state index contributed by atoms with van der Waals surface area (Å²) in [6.07, 6.45) is 8.47. The summed E-state index contributed by atoms with van der Waals surface area (Å²) in [6, 6.07) is 10.7. The molecule has 132 valence electrons. The van der Waals surface area contributed by atoms with Gasteiger partial charge in [-0.1, -0.05) is 49.6 Å². The van der Waals surface area contributed by atoms with Gasteiger partial charge in [-0.25, -0.2) is 0 Å². The van der Waals surface area contributed by atoms with Gasteiger partial charge in [-0.15, -0.1) is 0 Å². The molecule has 1 aliphatic carbocycles. The molecule has 2 aliphatic rings. The molecule has 2 N–H and O–H groups in total. The van der Waals surface area contributed by atoms with Crippen LogP contribution in [0.3, 0.4) is 0 Å². The largest absolute Gasteiger partial charge is 0.379 e. The number of hydrogen-bond acceptors (Lipinski definition) is 3. The first-order valence-electron chi connectivity index (χ1n) is 9.46. The predicted molar refractivity (Wildman–Crippen MR) is 95.8 cm³/mol. The van der Waals surface area contributed by atoms with Crippen molar-refractivity contribution in [2.45, 2.75) is 63.0 Å². The number of piperidine rings is 1. The van der Waals surface area contributed by atoms with Crippen molar-refractivity contribution in [1.29, 1.82) is 0 Å². The van der Waals surface area contributed by atoms with Crippen molar-refractivity contribution in [1.82, 2.24) is 10.2 Å². The van der Waals surface area contributed by atoms with Crippen molar-refractivity contribution >= 4 is 5.91 Å². The number of rotatable bonds is 6. The Balaban J connectivity index is 1.52. The third-order valence-corrected chi connectivity index (χ3v) is 5.51. The number of benzene rings is 1. The molecule has 1 heterocycles. The standard InChI is InChI=1S/C20H30N2O2/c23-19-20(24,16-21-18-10-5-2-6-11-18)13-7-14-22(19)15-12-17-8-3-1-4-9-17/h1,3-4,8-9,18,21,24H,2,5-7,10-16H2/t20-/m0/s1. The monoisotopic (exact) mass is 330 g/mol. The summed E-state index contributed by atoms with van der Waals surface area (Å²) in [7, 11) is 0. The third kappa shape index (κ3) is 4.37. The van der Waals surface area contributed by atoms with E-state index in [1.54, 1.807) is 0 Å². The molecule has 0 bridgehead atoms. The molecule has 4 nitrogen and oxygen atoms in total. The fourth-order valence-electron chi connectivity index (χ4n) is 3.97. The van der Waals surface area contributed by atoms with Crippen LogP contribution >= 0.6 is 0 Å². The normalized spacial score (nSPS) is 25.9. The average molecular weight is 330 g/mol. The van der Waals surface area contributed by atoms with Gasteiger partial charge < -0.3 is 15.3 Å². The van der Waals surface area contributed by atoms with E-state index in [1.165, 1.54) is 37.7 Å². The van der Waals surface area contributed by atoms with Crippen LogP contribution in [0.1, 0.15) is 50.5 Å². The number of nitrogens with zero attached hydrogens (tertiary/aromatic N) is 1. The van der Waals surface area contributed by atoms with Crippen LogP contribution in [-0.2, 0) is 11.2 Å². The Morgan fingerprint density at radius 2 is 1.88 bits per heavy atom. The molecule has 4 heteroatoms. The highest BCUT2D eigenvalue weighted by molar-refractivity contribution is 5.86. The minimum Gasteiger partial charge on any atom is -0.379 e. The lowest BCUT2D eigenvalue weighted by atomic mass is 9.89. The van der Waals surface area contributed by atoms with Gasteiger partial charge >= 0.3 is 0 Å². The summed E-state index contributed by atoms with van der Waals surface area (Å²) >= 11 is 0. The molecule has 1 saturated carbocycles. The maximum absolute atomic E-state index is 12.8. The van der Waals surface area contributed by atoms with E-state index in [2.05, 4.69) is 17.4 Å². The lowest BCUT2D eigenvalue weighted by Crippen LogP contribution is -2.59. The van der Waals surface area contributed by atoms with Gasteiger partial charge in [0.2, 0.25) is 0 Å². The molecular weight excluding hydrogens is 300 g/mol. The van der Waals surface area contributed by atoms with E-state index in [9.17, 15) is 9.90 Å². The summed E-state index contributed by atoms with van der Waals surface area (Å²) in [5.41, 5.74) is 0.0200. The van der Waals surface area contributed by atoms with E-state index >= 15 is 0 Å². The first-order chi connectivity index (χ1) is 11.7. The van der Waals surface area contributed by atoms with Crippen LogP contribution in [-0.4, -0.2) is 47.2 Å². The van der Waals surface area contributed by atoms with Crippen molar-refractivity contribution in [2.24, 2.45) is 0 Å². The van der Waals surface area contributed by atoms with E-state index in [-0.39, 0.29) is 5.91 Å². The molecule has 1 aliphatic heterocycles. The number of likely N-dealkylation sites (tertiary alicyclic amines) is 1. The lowest BCUT2D eigenvalue weighted by Gasteiger charge is -2.39. The molecule has 0 aromatic heterocycles. The Morgan fingerprint density at radius 1 is 1.12 bits per heavy atom. The summed E-state index contributed by atoms with van der Waals surface area (Å²) in [6.45, 7) is 1.85. The molecule has 2 fully saturated rings. The summed E-state index contributed by atoms with van der Waals surface area (Å²) in [4.78, 5) is 14.6. The summed E-state index contributed by atoms with van der Waals surface area (Å²) in [5.74, 6) is -0.0898. The fourth-order valence-corrected chi connectivity index (χ4v) is 3.97. The molecule has 0 unspecified atom stereocenters. The second-order valence-corrected chi connectivity index (χ2v) is 7.38. The molecule has 1 amide bonds. The van der Waals surface area contributed by atoms with Gasteiger partial charge in [0.25, 0.3) is 5.91 Å². The van der Waals surface area contributed by atoms with Crippen LogP contribution in [0.2, 0.25) is 0 Å². The number of carbonyl (C=O) groups excluding carboxylic acids is 1. The predicted octanol–water partition coefficient (Wildman–Crippen LogP) is 2.50. The second-order valence-electron chi connectivity index (χ2n) is 7.38. The quantitative estimate of drug-likeness (QED) is 0.843. The van der Waals surface area contributed by atoms with Gasteiger partial charge in [0.05, 0.1) is 0 Å². The zero-order chi connectivity index (χ0) is 16.8. The van der Waals surface area contributed by atoms with Crippen LogP contribution in [0.5, 0.6) is 0 Å². The summed E-state index contributed by atoms with van der Waals surface area (Å²) in [5, 5.41) is 14.3. The van der Waals surface area contributed by atoms with Crippen molar-refractivity contribution in [3.63, 3.8) is 0 Å². The van der Waals surface area contributed by atoms with Gasteiger partial charge in [0.15, 0.2) is 5.60 Å². The minimum absolute atomic E-state index is 0.0898. The molecule has 0 spiro atoms. The molecule has 1 saturated heterocycles. The van der Waals surface area contributed by atoms with Crippen LogP contribution in [0.25, 0.3) is 0 Å². The molecule has 3 rings (SSSR count). The van der Waals surface area contributed by atoms with Gasteiger partial charge in [-0.2, -0.15) is 0 Å². The maximum Gasteiger partial charge on any atom is 0.255 e. The average Bonchev–Trinajstić information content (AvgIpc) is 2.63. The molecule has 1 aromatic carbocycles. The van der Waals surface area contributed by atoms with Crippen molar-refractivity contribution < 1.29 is 9.90 Å². The minimum atomic E-state index is -1.22. The van der Waals surface area contributed by atoms with E-state index in [1.807, 2.05) is 23.1 Å². The molecule has 24 heavy (non-hydrogen) atoms. The Kier molecular flexibility index (Phi) is 5.90. The highest BCUT2D eigenvalue weighted by Gasteiger charge is 2.42. The van der Waals surface area contributed by atoms with Crippen LogP contribution in [0, 0.1) is 0 Å². The third-order valence-electron chi connectivity index (χ3n) is 5.51. The lowest BCUT2D eigenvalue weighted by molar-refractivity contribution is -0.156. The fraction of sp³-hybridized carbons (Fsp3) is 0.650. The highest BCUT2D eigenvalue weighted by Crippen LogP contribution is 2.24. The first-order valence-corrected chi connectivity index (χ1v) is 9.46. The zero-order valence-electron chi connectivity index (χ0n) is 14.5. The smallest absolute Gasteiger partial charge is 0.255 e. The van der Waals surface area contributed by atoms with Crippen LogP contribution in [0.4, 0.5) is 0 Å². The van der Waals surface area contributed by atoms with Gasteiger partial charge in [-0.05, 0) is 37.7 Å². The number of nitrogens with one attached hydrogen (secondary N) is 1. The Labute approximate surface area is 145 Å². The molecule has 1 atom stereocenters. The summed E-state index contributed by atoms with van der Waals surface area (Å²) < 4.78 is 0. The van der Waals surface area contributed by atoms with Crippen molar-refractivity contribution in [3.05, 3.63) is 35.9 Å². The maximum atomic E-state index is 12.8. The number of aliphatic hydroxyl groups is 1. The zero-order valence-corrected chi connectivity index (χ0v) is 14.5. The SMILES string of the molecule is O=C1N(CCc2ccccc2)CCC[C@]1(O)CNC1CCCCC1. The number of carbonyl (C=O) groups is 1. The van der Waals surface area contributed by atoms with E-state index in [0.717, 1.165) is 19.4 Å². The topological polar surface area (TPSA) is 52.6 Å². The number of hydrogen-bond donors (Lipinski definition) is 2. The Bertz CT molecular complexity index is 528. The highest BCUT2D eigenvalue weighted by atomic mass is 16.3. The Hall–Kier alpha value is -1.39. The number of amides is 1. The second kappa shape index (κ2) is 8.13. The van der Waals surface area contributed by atoms with E-state index < -0.39 is 5.60 Å². The molecular formula is C20H30N2O2. The first kappa shape index (κ1) is 17.4. The van der Waals surface area contributed by atoms with Gasteiger partial charge in [-0.3, -0.25) is 4.79 Å². The molecule has 1 aromatic rings. The van der Waals surface area contributed by atoms with Crippen LogP contribution in [0.15, 0.2) is 30.3 Å². The molecule has 0 radical (unpaired) electrons. The van der Waals surface area contributed by atoms with Crippen molar-refractivity contribution in [3.8, 4) is 0 Å². The Morgan fingerprint density at radius 3 is 2.62 bits per heavy atom. The van der Waals surface area contributed by atoms with Gasteiger partial charge in [0.1, 0.15) is 0 Å². The van der Waals surface area contributed by atoms with Crippen LogP contribution < -0.4 is 5.32 Å². The van der Waals surface area contributed by atoms with E-state index in [0.29, 0.717) is 25.6 Å². The van der Waals surface area contributed by atoms with Crippen molar-refractivity contribution in [2.75, 3.05) is 19.6 Å². The van der Waals surface area contributed by atoms with E-state index in [4.69, 9.17) is 0 Å².